The van der Waals surface area contributed by atoms with E-state index in [4.69, 9.17) is 14.0 Å². The molecule has 1 aliphatic heterocycles. The molecule has 0 spiro atoms. The van der Waals surface area contributed by atoms with E-state index in [2.05, 4.69) is 10.5 Å². The Kier molecular flexibility index (Phi) is 8.48. The lowest BCUT2D eigenvalue weighted by Gasteiger charge is -2.43. The van der Waals surface area contributed by atoms with Gasteiger partial charge >= 0.3 is 12.1 Å². The molecule has 0 aliphatic carbocycles. The molecule has 1 fully saturated rings. The maximum atomic E-state index is 13.8. The number of carboxylic acids is 1. The van der Waals surface area contributed by atoms with Crippen molar-refractivity contribution in [1.29, 1.82) is 0 Å². The molecule has 0 radical (unpaired) electrons. The molecular formula is C28H40N2O7S. The van der Waals surface area contributed by atoms with Crippen LogP contribution < -0.4 is 5.32 Å². The first kappa shape index (κ1) is 29.8. The molecule has 0 aromatic carbocycles. The van der Waals surface area contributed by atoms with Gasteiger partial charge in [-0.15, -0.1) is 11.3 Å². The van der Waals surface area contributed by atoms with Crippen molar-refractivity contribution >= 4 is 29.2 Å². The maximum Gasteiger partial charge on any atom is 0.408 e. The molecule has 0 saturated carbocycles. The Morgan fingerprint density at radius 3 is 2.18 bits per heavy atom. The Bertz CT molecular complexity index is 1210. The van der Waals surface area contributed by atoms with Crippen LogP contribution in [0.15, 0.2) is 4.52 Å². The Hall–Kier alpha value is -2.72. The summed E-state index contributed by atoms with van der Waals surface area (Å²) in [5.41, 5.74) is -0.578. The number of carboxylic acid groups (broad SMARTS) is 1. The minimum Gasteiger partial charge on any atom is -0.481 e. The van der Waals surface area contributed by atoms with Crippen LogP contribution in [0.2, 0.25) is 0 Å². The molecule has 2 N–H and O–H groups in total. The molecule has 10 heteroatoms. The van der Waals surface area contributed by atoms with Gasteiger partial charge in [-0.05, 0) is 65.4 Å². The van der Waals surface area contributed by atoms with Crippen molar-refractivity contribution < 1.29 is 33.5 Å². The highest BCUT2D eigenvalue weighted by Crippen LogP contribution is 2.50. The number of thiophene rings is 1. The molecular weight excluding hydrogens is 508 g/mol. The second-order valence-corrected chi connectivity index (χ2v) is 13.3. The lowest BCUT2D eigenvalue weighted by Crippen LogP contribution is -2.56. The molecule has 1 atom stereocenters. The topological polar surface area (TPSA) is 128 Å². The number of carbonyl (C=O) groups excluding carboxylic acids is 2. The first-order chi connectivity index (χ1) is 17.5. The molecule has 1 aliphatic rings. The molecule has 2 aromatic heterocycles. The molecule has 1 amide bonds. The van der Waals surface area contributed by atoms with Crippen LogP contribution in [-0.4, -0.2) is 46.9 Å². The number of hydrogen-bond acceptors (Lipinski definition) is 8. The van der Waals surface area contributed by atoms with Gasteiger partial charge in [0.05, 0.1) is 22.6 Å². The number of amides is 1. The van der Waals surface area contributed by atoms with Crippen LogP contribution in [0.25, 0.3) is 11.1 Å². The summed E-state index contributed by atoms with van der Waals surface area (Å²) in [6.45, 7) is 17.4. The number of ketones is 1. The van der Waals surface area contributed by atoms with Gasteiger partial charge in [-0.25, -0.2) is 4.79 Å². The predicted octanol–water partition coefficient (Wildman–Crippen LogP) is 6.18. The third-order valence-electron chi connectivity index (χ3n) is 7.11. The summed E-state index contributed by atoms with van der Waals surface area (Å²) < 4.78 is 16.9. The number of nitrogens with one attached hydrogen (secondary N) is 1. The van der Waals surface area contributed by atoms with Gasteiger partial charge in [-0.2, -0.15) is 0 Å². The molecule has 9 nitrogen and oxygen atoms in total. The normalized spacial score (nSPS) is 16.7. The van der Waals surface area contributed by atoms with Crippen molar-refractivity contribution in [2.45, 2.75) is 92.7 Å². The third-order valence-corrected chi connectivity index (χ3v) is 8.33. The smallest absolute Gasteiger partial charge is 0.408 e. The second kappa shape index (κ2) is 10.8. The average molecular weight is 549 g/mol. The number of rotatable bonds is 7. The Morgan fingerprint density at radius 1 is 1.05 bits per heavy atom. The van der Waals surface area contributed by atoms with Crippen LogP contribution in [0, 0.1) is 32.1 Å². The third kappa shape index (κ3) is 5.96. The molecule has 3 heterocycles. The highest BCUT2D eigenvalue weighted by molar-refractivity contribution is 7.14. The predicted molar refractivity (Wildman–Crippen MR) is 145 cm³/mol. The highest BCUT2D eigenvalue weighted by Gasteiger charge is 2.52. The zero-order chi connectivity index (χ0) is 28.6. The molecule has 0 unspecified atom stereocenters. The number of aryl methyl sites for hydroxylation is 2. The molecule has 2 aromatic rings. The van der Waals surface area contributed by atoms with E-state index in [1.807, 2.05) is 34.6 Å². The van der Waals surface area contributed by atoms with Crippen LogP contribution >= 0.6 is 11.3 Å². The number of aliphatic carboxylic acids is 1. The number of alkyl carbamates (subject to hydrolysis) is 1. The van der Waals surface area contributed by atoms with E-state index in [0.29, 0.717) is 47.8 Å². The summed E-state index contributed by atoms with van der Waals surface area (Å²) in [5, 5.41) is 17.1. The average Bonchev–Trinajstić information content (AvgIpc) is 3.30. The fraction of sp³-hybridized carbons (Fsp3) is 0.643. The van der Waals surface area contributed by atoms with Gasteiger partial charge in [-0.3, -0.25) is 9.59 Å². The molecule has 38 heavy (non-hydrogen) atoms. The zero-order valence-corrected chi connectivity index (χ0v) is 24.7. The molecule has 0 bridgehead atoms. The summed E-state index contributed by atoms with van der Waals surface area (Å²) in [5.74, 6) is -1.06. The van der Waals surface area contributed by atoms with E-state index in [1.54, 1.807) is 27.7 Å². The lowest BCUT2D eigenvalue weighted by molar-refractivity contribution is -0.140. The summed E-state index contributed by atoms with van der Waals surface area (Å²) in [6, 6.07) is 0. The fourth-order valence-corrected chi connectivity index (χ4v) is 6.07. The van der Waals surface area contributed by atoms with Crippen LogP contribution in [0.1, 0.15) is 92.4 Å². The quantitative estimate of drug-likeness (QED) is 0.393. The van der Waals surface area contributed by atoms with E-state index in [1.165, 1.54) is 11.3 Å². The summed E-state index contributed by atoms with van der Waals surface area (Å²) in [4.78, 5) is 40.8. The van der Waals surface area contributed by atoms with Gasteiger partial charge in [-0.1, -0.05) is 25.9 Å². The highest BCUT2D eigenvalue weighted by atomic mass is 32.1. The monoisotopic (exact) mass is 548 g/mol. The zero-order valence-electron chi connectivity index (χ0n) is 23.9. The van der Waals surface area contributed by atoms with E-state index >= 15 is 0 Å². The Morgan fingerprint density at radius 2 is 1.66 bits per heavy atom. The number of Topliss-reactive ketones (excluding diaryl/α,β-unsaturated/α-hetero) is 1. The summed E-state index contributed by atoms with van der Waals surface area (Å²) in [7, 11) is 0. The van der Waals surface area contributed by atoms with Crippen molar-refractivity contribution in [1.82, 2.24) is 10.5 Å². The summed E-state index contributed by atoms with van der Waals surface area (Å²) >= 11 is 1.42. The van der Waals surface area contributed by atoms with Gasteiger partial charge in [0.2, 0.25) is 0 Å². The Balaban J connectivity index is 2.28. The van der Waals surface area contributed by atoms with E-state index < -0.39 is 35.0 Å². The van der Waals surface area contributed by atoms with Gasteiger partial charge in [0.15, 0.2) is 11.5 Å². The minimum absolute atomic E-state index is 0.0377. The largest absolute Gasteiger partial charge is 0.481 e. The van der Waals surface area contributed by atoms with E-state index in [9.17, 15) is 19.5 Å². The first-order valence-corrected chi connectivity index (χ1v) is 13.7. The molecule has 3 rings (SSSR count). The van der Waals surface area contributed by atoms with Gasteiger partial charge in [0.1, 0.15) is 11.1 Å². The summed E-state index contributed by atoms with van der Waals surface area (Å²) in [6.07, 6.45) is 0.0393. The SMILES string of the molecule is Cc1noc([C@@](CC(=O)O)(NC(=O)OC(C)(C)C)C(C)(C)C)c1-c1c(C(=O)C2CCOCC2)sc(C)c1C. The first-order valence-electron chi connectivity index (χ1n) is 12.9. The van der Waals surface area contributed by atoms with Gasteiger partial charge in [0, 0.05) is 29.6 Å². The van der Waals surface area contributed by atoms with Crippen LogP contribution in [-0.2, 0) is 19.8 Å². The maximum absolute atomic E-state index is 13.8. The van der Waals surface area contributed by atoms with Crippen LogP contribution in [0.4, 0.5) is 4.79 Å². The van der Waals surface area contributed by atoms with Crippen molar-refractivity contribution in [2.24, 2.45) is 11.3 Å². The van der Waals surface area contributed by atoms with E-state index in [0.717, 1.165) is 10.4 Å². The van der Waals surface area contributed by atoms with Crippen molar-refractivity contribution in [3.8, 4) is 11.1 Å². The van der Waals surface area contributed by atoms with Gasteiger partial charge < -0.3 is 24.4 Å². The number of ether oxygens (including phenoxy) is 2. The number of nitrogens with zero attached hydrogens (tertiary/aromatic N) is 1. The number of aromatic nitrogens is 1. The van der Waals surface area contributed by atoms with Crippen molar-refractivity contribution in [3.63, 3.8) is 0 Å². The molecule has 210 valence electrons. The van der Waals surface area contributed by atoms with Crippen molar-refractivity contribution in [2.75, 3.05) is 13.2 Å². The lowest BCUT2D eigenvalue weighted by atomic mass is 9.68. The van der Waals surface area contributed by atoms with Gasteiger partial charge in [0.25, 0.3) is 0 Å². The second-order valence-electron chi connectivity index (χ2n) is 12.1. The van der Waals surface area contributed by atoms with Crippen LogP contribution in [0.3, 0.4) is 0 Å². The number of carbonyl (C=O) groups is 3. The standard InChI is InChI=1S/C28H40N2O7S/c1-15-17(3)38-23(22(33)18-10-12-35-13-11-18)20(15)21-16(2)30-37-24(21)28(14-19(31)32,26(4,5)6)29-25(34)36-27(7,8)9/h18H,10-14H2,1-9H3,(H,29,34)(H,31,32)/t28-/m1/s1. The fourth-order valence-electron chi connectivity index (χ4n) is 4.88. The van der Waals surface area contributed by atoms with Crippen molar-refractivity contribution in [3.05, 3.63) is 26.8 Å². The Labute approximate surface area is 228 Å². The van der Waals surface area contributed by atoms with Crippen LogP contribution in [0.5, 0.6) is 0 Å². The minimum atomic E-state index is -1.54. The number of hydrogen-bond donors (Lipinski definition) is 2. The van der Waals surface area contributed by atoms with E-state index in [-0.39, 0.29) is 17.5 Å². The molecule has 1 saturated heterocycles.